The number of aliphatic carboxylic acids is 1. The van der Waals surface area contributed by atoms with Crippen molar-refractivity contribution in [3.05, 3.63) is 0 Å². The zero-order chi connectivity index (χ0) is 19.7. The highest BCUT2D eigenvalue weighted by atomic mass is 16.4. The van der Waals surface area contributed by atoms with E-state index in [4.69, 9.17) is 16.6 Å². The first-order valence-electron chi connectivity index (χ1n) is 8.36. The summed E-state index contributed by atoms with van der Waals surface area (Å²) in [6.45, 7) is 7.46. The number of rotatable bonds is 11. The lowest BCUT2D eigenvalue weighted by Gasteiger charge is -2.25. The van der Waals surface area contributed by atoms with Crippen LogP contribution in [0, 0.1) is 11.8 Å². The highest BCUT2D eigenvalue weighted by molar-refractivity contribution is 5.94. The van der Waals surface area contributed by atoms with Crippen LogP contribution in [0.4, 0.5) is 0 Å². The van der Waals surface area contributed by atoms with Crippen molar-refractivity contribution in [2.24, 2.45) is 23.3 Å². The molecule has 0 heterocycles. The fourth-order valence-electron chi connectivity index (χ4n) is 2.15. The van der Waals surface area contributed by atoms with Crippen molar-refractivity contribution in [2.75, 3.05) is 0 Å². The van der Waals surface area contributed by atoms with E-state index in [9.17, 15) is 19.2 Å². The molecule has 9 nitrogen and oxygen atoms in total. The van der Waals surface area contributed by atoms with Crippen LogP contribution in [-0.4, -0.2) is 46.9 Å². The Balaban J connectivity index is 5.11. The number of carboxylic acids is 1. The molecule has 9 heteroatoms. The van der Waals surface area contributed by atoms with E-state index < -0.39 is 48.2 Å². The minimum atomic E-state index is -1.35. The summed E-state index contributed by atoms with van der Waals surface area (Å²) in [6, 6.07) is -3.04. The van der Waals surface area contributed by atoms with E-state index in [1.54, 1.807) is 0 Å². The molecule has 4 atom stereocenters. The van der Waals surface area contributed by atoms with Crippen molar-refractivity contribution in [2.45, 2.75) is 65.1 Å². The van der Waals surface area contributed by atoms with Crippen LogP contribution in [0.2, 0.25) is 0 Å². The van der Waals surface area contributed by atoms with Gasteiger partial charge in [-0.15, -0.1) is 0 Å². The van der Waals surface area contributed by atoms with Crippen LogP contribution in [-0.2, 0) is 19.2 Å². The van der Waals surface area contributed by atoms with Gasteiger partial charge in [0, 0.05) is 0 Å². The molecule has 0 aliphatic heterocycles. The van der Waals surface area contributed by atoms with Crippen LogP contribution in [0.1, 0.15) is 47.0 Å². The second-order valence-electron chi connectivity index (χ2n) is 6.66. The van der Waals surface area contributed by atoms with Gasteiger partial charge in [-0.05, 0) is 18.3 Å². The molecule has 0 spiro atoms. The van der Waals surface area contributed by atoms with Gasteiger partial charge < -0.3 is 27.2 Å². The van der Waals surface area contributed by atoms with E-state index in [1.807, 2.05) is 27.7 Å². The number of carboxylic acid groups (broad SMARTS) is 1. The average molecular weight is 358 g/mol. The minimum Gasteiger partial charge on any atom is -0.481 e. The van der Waals surface area contributed by atoms with E-state index in [0.717, 1.165) is 0 Å². The highest BCUT2D eigenvalue weighted by Crippen LogP contribution is 2.09. The molecule has 0 bridgehead atoms. The van der Waals surface area contributed by atoms with Crippen molar-refractivity contribution in [3.8, 4) is 0 Å². The Hall–Kier alpha value is -2.16. The second kappa shape index (κ2) is 10.7. The van der Waals surface area contributed by atoms with Gasteiger partial charge in [0.25, 0.3) is 0 Å². The maximum Gasteiger partial charge on any atom is 0.305 e. The number of primary amides is 1. The number of amides is 3. The summed E-state index contributed by atoms with van der Waals surface area (Å²) in [4.78, 5) is 46.7. The molecule has 0 fully saturated rings. The lowest BCUT2D eigenvalue weighted by Crippen LogP contribution is -2.56. The summed E-state index contributed by atoms with van der Waals surface area (Å²) in [5.41, 5.74) is 11.0. The van der Waals surface area contributed by atoms with Crippen molar-refractivity contribution in [1.82, 2.24) is 10.6 Å². The molecule has 144 valence electrons. The number of hydrogen-bond donors (Lipinski definition) is 5. The van der Waals surface area contributed by atoms with Gasteiger partial charge in [0.1, 0.15) is 12.1 Å². The summed E-state index contributed by atoms with van der Waals surface area (Å²) in [5, 5.41) is 13.7. The Kier molecular flexibility index (Phi) is 9.73. The van der Waals surface area contributed by atoms with Crippen LogP contribution >= 0.6 is 0 Å². The third kappa shape index (κ3) is 8.48. The maximum atomic E-state index is 12.4. The molecule has 0 aromatic heterocycles. The molecule has 0 aliphatic rings. The second-order valence-corrected chi connectivity index (χ2v) is 6.66. The molecule has 0 aromatic carbocycles. The number of carbonyl (C=O) groups is 4. The van der Waals surface area contributed by atoms with E-state index in [2.05, 4.69) is 10.6 Å². The topological polar surface area (TPSA) is 165 Å². The average Bonchev–Trinajstić information content (AvgIpc) is 2.50. The molecule has 0 saturated heterocycles. The normalized spacial score (nSPS) is 15.8. The monoisotopic (exact) mass is 358 g/mol. The third-order valence-corrected chi connectivity index (χ3v) is 3.94. The van der Waals surface area contributed by atoms with Gasteiger partial charge in [-0.2, -0.15) is 0 Å². The molecule has 0 radical (unpaired) electrons. The van der Waals surface area contributed by atoms with Gasteiger partial charge >= 0.3 is 5.97 Å². The van der Waals surface area contributed by atoms with Crippen LogP contribution in [0.3, 0.4) is 0 Å². The Morgan fingerprint density at radius 3 is 1.92 bits per heavy atom. The molecule has 0 aromatic rings. The van der Waals surface area contributed by atoms with Crippen LogP contribution < -0.4 is 22.1 Å². The van der Waals surface area contributed by atoms with E-state index in [-0.39, 0.29) is 11.8 Å². The number of carbonyl (C=O) groups excluding carboxylic acids is 3. The Labute approximate surface area is 147 Å². The summed E-state index contributed by atoms with van der Waals surface area (Å²) in [5.74, 6) is -3.35. The fourth-order valence-corrected chi connectivity index (χ4v) is 2.15. The molecule has 0 aliphatic carbocycles. The number of hydrogen-bond acceptors (Lipinski definition) is 5. The maximum absolute atomic E-state index is 12.4. The Bertz CT molecular complexity index is 495. The number of nitrogens with one attached hydrogen (secondary N) is 2. The first-order chi connectivity index (χ1) is 11.5. The third-order valence-electron chi connectivity index (χ3n) is 3.94. The smallest absolute Gasteiger partial charge is 0.305 e. The zero-order valence-electron chi connectivity index (χ0n) is 15.2. The molecule has 0 unspecified atom stereocenters. The molecule has 25 heavy (non-hydrogen) atoms. The first kappa shape index (κ1) is 22.8. The summed E-state index contributed by atoms with van der Waals surface area (Å²) < 4.78 is 0. The fraction of sp³-hybridized carbons (Fsp3) is 0.750. The van der Waals surface area contributed by atoms with Crippen LogP contribution in [0.15, 0.2) is 0 Å². The first-order valence-corrected chi connectivity index (χ1v) is 8.36. The summed E-state index contributed by atoms with van der Waals surface area (Å²) in [7, 11) is 0. The van der Waals surface area contributed by atoms with Gasteiger partial charge in [0.15, 0.2) is 0 Å². The standard InChI is InChI=1S/C16H30N4O5/c1-5-9(4)13(17)16(25)20-11(6-8(2)3)15(24)19-10(14(18)23)7-12(21)22/h8-11,13H,5-7,17H2,1-4H3,(H2,18,23)(H,19,24)(H,20,25)(H,21,22)/t9-,10+,11-,13-/m0/s1. The minimum absolute atomic E-state index is 0.0619. The SMILES string of the molecule is CC[C@H](C)[C@H](N)C(=O)N[C@@H](CC(C)C)C(=O)N[C@H](CC(=O)O)C(N)=O. The van der Waals surface area contributed by atoms with Crippen LogP contribution in [0.25, 0.3) is 0 Å². The van der Waals surface area contributed by atoms with E-state index in [0.29, 0.717) is 12.8 Å². The molecule has 0 saturated carbocycles. The predicted octanol–water partition coefficient (Wildman–Crippen LogP) is -0.664. The lowest BCUT2D eigenvalue weighted by atomic mass is 9.97. The molecule has 7 N–H and O–H groups in total. The largest absolute Gasteiger partial charge is 0.481 e. The molecule has 0 rings (SSSR count). The van der Waals surface area contributed by atoms with E-state index in [1.165, 1.54) is 0 Å². The lowest BCUT2D eigenvalue weighted by molar-refractivity contribution is -0.140. The zero-order valence-corrected chi connectivity index (χ0v) is 15.2. The Morgan fingerprint density at radius 1 is 1.00 bits per heavy atom. The Morgan fingerprint density at radius 2 is 1.52 bits per heavy atom. The molecule has 3 amide bonds. The van der Waals surface area contributed by atoms with Gasteiger partial charge in [0.2, 0.25) is 17.7 Å². The number of nitrogens with two attached hydrogens (primary N) is 2. The van der Waals surface area contributed by atoms with Gasteiger partial charge in [-0.25, -0.2) is 0 Å². The van der Waals surface area contributed by atoms with E-state index >= 15 is 0 Å². The summed E-state index contributed by atoms with van der Waals surface area (Å²) in [6.07, 6.45) is 0.386. The van der Waals surface area contributed by atoms with Crippen molar-refractivity contribution in [3.63, 3.8) is 0 Å². The van der Waals surface area contributed by atoms with Crippen molar-refractivity contribution in [1.29, 1.82) is 0 Å². The highest BCUT2D eigenvalue weighted by Gasteiger charge is 2.29. The molecular formula is C16H30N4O5. The predicted molar refractivity (Wildman–Crippen MR) is 92.2 cm³/mol. The summed E-state index contributed by atoms with van der Waals surface area (Å²) >= 11 is 0. The molecular weight excluding hydrogens is 328 g/mol. The van der Waals surface area contributed by atoms with Crippen LogP contribution in [0.5, 0.6) is 0 Å². The van der Waals surface area contributed by atoms with Gasteiger partial charge in [0.05, 0.1) is 12.5 Å². The quantitative estimate of drug-likeness (QED) is 0.329. The van der Waals surface area contributed by atoms with Crippen molar-refractivity contribution >= 4 is 23.7 Å². The van der Waals surface area contributed by atoms with Gasteiger partial charge in [-0.1, -0.05) is 34.1 Å². The van der Waals surface area contributed by atoms with Crippen molar-refractivity contribution < 1.29 is 24.3 Å². The van der Waals surface area contributed by atoms with Gasteiger partial charge in [-0.3, -0.25) is 19.2 Å².